The van der Waals surface area contributed by atoms with Crippen LogP contribution in [0, 0.1) is 5.92 Å². The Balaban J connectivity index is 2.16. The Morgan fingerprint density at radius 3 is 2.62 bits per heavy atom. The van der Waals surface area contributed by atoms with Crippen molar-refractivity contribution < 1.29 is 14.3 Å². The predicted octanol–water partition coefficient (Wildman–Crippen LogP) is 0.561. The van der Waals surface area contributed by atoms with Gasteiger partial charge in [-0.15, -0.1) is 0 Å². The van der Waals surface area contributed by atoms with Crippen molar-refractivity contribution in [2.24, 2.45) is 5.92 Å². The molecule has 0 aliphatic carbocycles. The van der Waals surface area contributed by atoms with Gasteiger partial charge in [-0.3, -0.25) is 9.59 Å². The predicted molar refractivity (Wildman–Crippen MR) is 80.2 cm³/mol. The molecule has 2 unspecified atom stereocenters. The molecule has 2 amide bonds. The molecule has 1 aromatic carbocycles. The highest BCUT2D eigenvalue weighted by molar-refractivity contribution is 6.04. The summed E-state index contributed by atoms with van der Waals surface area (Å²) in [4.78, 5) is 26.0. The number of benzene rings is 1. The second-order valence-corrected chi connectivity index (χ2v) is 5.27. The molecule has 0 bridgehead atoms. The lowest BCUT2D eigenvalue weighted by Crippen LogP contribution is -2.39. The van der Waals surface area contributed by atoms with Crippen molar-refractivity contribution in [3.05, 3.63) is 29.8 Å². The number of nitrogens with zero attached hydrogens (tertiary/aromatic N) is 1. The molecule has 6 nitrogen and oxygen atoms in total. The largest absolute Gasteiger partial charge is 0.379 e. The molecule has 2 rings (SSSR count). The van der Waals surface area contributed by atoms with Crippen LogP contribution in [0.2, 0.25) is 0 Å². The fraction of sp³-hybridized carbons (Fsp3) is 0.467. The van der Waals surface area contributed by atoms with E-state index in [-0.39, 0.29) is 23.8 Å². The zero-order valence-corrected chi connectivity index (χ0v) is 12.6. The Labute approximate surface area is 124 Å². The van der Waals surface area contributed by atoms with Crippen LogP contribution in [0.25, 0.3) is 0 Å². The van der Waals surface area contributed by atoms with Crippen molar-refractivity contribution >= 4 is 17.5 Å². The van der Waals surface area contributed by atoms with Crippen LogP contribution in [0.5, 0.6) is 0 Å². The Morgan fingerprint density at radius 1 is 1.24 bits per heavy atom. The topological polar surface area (TPSA) is 70.7 Å². The van der Waals surface area contributed by atoms with Gasteiger partial charge in [-0.05, 0) is 19.2 Å². The maximum absolute atomic E-state index is 12.4. The molecule has 0 spiro atoms. The first-order chi connectivity index (χ1) is 10.0. The number of anilines is 1. The quantitative estimate of drug-likeness (QED) is 0.850. The zero-order chi connectivity index (χ0) is 15.4. The molecule has 1 saturated heterocycles. The highest BCUT2D eigenvalue weighted by Gasteiger charge is 2.33. The van der Waals surface area contributed by atoms with E-state index < -0.39 is 0 Å². The van der Waals surface area contributed by atoms with Crippen molar-refractivity contribution in [3.8, 4) is 0 Å². The molecule has 2 atom stereocenters. The maximum Gasteiger partial charge on any atom is 0.255 e. The second-order valence-electron chi connectivity index (χ2n) is 5.27. The van der Waals surface area contributed by atoms with Crippen LogP contribution < -0.4 is 10.6 Å². The summed E-state index contributed by atoms with van der Waals surface area (Å²) in [6, 6.07) is 7.02. The SMILES string of the molecule is CNC1COCC1C(=O)Nc1ccccc1C(=O)N(C)C. The van der Waals surface area contributed by atoms with E-state index in [0.717, 1.165) is 0 Å². The lowest BCUT2D eigenvalue weighted by Gasteiger charge is -2.18. The van der Waals surface area contributed by atoms with Crippen molar-refractivity contribution in [3.63, 3.8) is 0 Å². The summed E-state index contributed by atoms with van der Waals surface area (Å²) in [5, 5.41) is 5.92. The molecule has 0 radical (unpaired) electrons. The van der Waals surface area contributed by atoms with Crippen molar-refractivity contribution in [1.82, 2.24) is 10.2 Å². The van der Waals surface area contributed by atoms with Crippen molar-refractivity contribution in [1.29, 1.82) is 0 Å². The van der Waals surface area contributed by atoms with E-state index in [0.29, 0.717) is 24.5 Å². The summed E-state index contributed by atoms with van der Waals surface area (Å²) >= 11 is 0. The molecule has 6 heteroatoms. The van der Waals surface area contributed by atoms with E-state index in [1.54, 1.807) is 38.4 Å². The first-order valence-corrected chi connectivity index (χ1v) is 6.91. The number of hydrogen-bond acceptors (Lipinski definition) is 4. The molecule has 21 heavy (non-hydrogen) atoms. The van der Waals surface area contributed by atoms with E-state index in [1.165, 1.54) is 4.90 Å². The van der Waals surface area contributed by atoms with E-state index in [4.69, 9.17) is 4.74 Å². The fourth-order valence-electron chi connectivity index (χ4n) is 2.34. The van der Waals surface area contributed by atoms with Crippen molar-refractivity contribution in [2.45, 2.75) is 6.04 Å². The number of amides is 2. The number of carbonyl (C=O) groups excluding carboxylic acids is 2. The Bertz CT molecular complexity index is 531. The number of carbonyl (C=O) groups is 2. The first-order valence-electron chi connectivity index (χ1n) is 6.91. The molecule has 114 valence electrons. The molecule has 1 aromatic rings. The minimum atomic E-state index is -0.252. The van der Waals surface area contributed by atoms with Gasteiger partial charge in [0.15, 0.2) is 0 Å². The lowest BCUT2D eigenvalue weighted by molar-refractivity contribution is -0.120. The van der Waals surface area contributed by atoms with E-state index in [1.807, 2.05) is 7.05 Å². The van der Waals surface area contributed by atoms with E-state index >= 15 is 0 Å². The molecule has 1 fully saturated rings. The zero-order valence-electron chi connectivity index (χ0n) is 12.6. The van der Waals surface area contributed by atoms with Gasteiger partial charge in [0.25, 0.3) is 5.91 Å². The smallest absolute Gasteiger partial charge is 0.255 e. The van der Waals surface area contributed by atoms with Crippen LogP contribution in [0.1, 0.15) is 10.4 Å². The Kier molecular flexibility index (Phi) is 4.93. The first kappa shape index (κ1) is 15.5. The molecule has 1 aliphatic heterocycles. The highest BCUT2D eigenvalue weighted by atomic mass is 16.5. The van der Waals surface area contributed by atoms with Gasteiger partial charge in [0.1, 0.15) is 0 Å². The number of rotatable bonds is 4. The van der Waals surface area contributed by atoms with Crippen LogP contribution in [0.4, 0.5) is 5.69 Å². The number of nitrogens with one attached hydrogen (secondary N) is 2. The summed E-state index contributed by atoms with van der Waals surface area (Å²) in [5.74, 6) is -0.526. The summed E-state index contributed by atoms with van der Waals surface area (Å²) in [5.41, 5.74) is 1.01. The number of hydrogen-bond donors (Lipinski definition) is 2. The number of ether oxygens (including phenoxy) is 1. The molecule has 0 saturated carbocycles. The van der Waals surface area contributed by atoms with Crippen LogP contribution in [-0.2, 0) is 9.53 Å². The third kappa shape index (κ3) is 3.40. The summed E-state index contributed by atoms with van der Waals surface area (Å²) in [6.07, 6.45) is 0. The summed E-state index contributed by atoms with van der Waals surface area (Å²) in [7, 11) is 5.18. The Morgan fingerprint density at radius 2 is 1.95 bits per heavy atom. The monoisotopic (exact) mass is 291 g/mol. The number of para-hydroxylation sites is 1. The minimum Gasteiger partial charge on any atom is -0.379 e. The van der Waals surface area contributed by atoms with Gasteiger partial charge in [-0.2, -0.15) is 0 Å². The molecule has 0 aromatic heterocycles. The van der Waals surface area contributed by atoms with Crippen LogP contribution >= 0.6 is 0 Å². The van der Waals surface area contributed by atoms with Gasteiger partial charge in [0.2, 0.25) is 5.91 Å². The van der Waals surface area contributed by atoms with Gasteiger partial charge in [0.05, 0.1) is 30.4 Å². The average molecular weight is 291 g/mol. The number of likely N-dealkylation sites (N-methyl/N-ethyl adjacent to an activating group) is 1. The van der Waals surface area contributed by atoms with Gasteiger partial charge in [-0.1, -0.05) is 12.1 Å². The lowest BCUT2D eigenvalue weighted by atomic mass is 10.0. The molecular formula is C15H21N3O3. The molecule has 2 N–H and O–H groups in total. The van der Waals surface area contributed by atoms with Crippen LogP contribution in [0.15, 0.2) is 24.3 Å². The molecular weight excluding hydrogens is 270 g/mol. The van der Waals surface area contributed by atoms with Gasteiger partial charge >= 0.3 is 0 Å². The minimum absolute atomic E-state index is 0.00159. The van der Waals surface area contributed by atoms with Crippen LogP contribution in [0.3, 0.4) is 0 Å². The standard InChI is InChI=1S/C15H21N3O3/c1-16-13-9-21-8-11(13)14(19)17-12-7-5-4-6-10(12)15(20)18(2)3/h4-7,11,13,16H,8-9H2,1-3H3,(H,17,19). The van der Waals surface area contributed by atoms with Gasteiger partial charge < -0.3 is 20.3 Å². The highest BCUT2D eigenvalue weighted by Crippen LogP contribution is 2.20. The fourth-order valence-corrected chi connectivity index (χ4v) is 2.34. The Hall–Kier alpha value is -1.92. The van der Waals surface area contributed by atoms with Crippen molar-refractivity contribution in [2.75, 3.05) is 39.7 Å². The van der Waals surface area contributed by atoms with Gasteiger partial charge in [-0.25, -0.2) is 0 Å². The normalized spacial score (nSPS) is 21.1. The van der Waals surface area contributed by atoms with E-state index in [2.05, 4.69) is 10.6 Å². The molecule has 1 heterocycles. The summed E-state index contributed by atoms with van der Waals surface area (Å²) < 4.78 is 5.34. The summed E-state index contributed by atoms with van der Waals surface area (Å²) in [6.45, 7) is 0.911. The average Bonchev–Trinajstić information content (AvgIpc) is 2.95. The molecule has 1 aliphatic rings. The van der Waals surface area contributed by atoms with E-state index in [9.17, 15) is 9.59 Å². The van der Waals surface area contributed by atoms with Crippen LogP contribution in [-0.4, -0.2) is 57.1 Å². The third-order valence-corrected chi connectivity index (χ3v) is 3.61. The second kappa shape index (κ2) is 6.69. The third-order valence-electron chi connectivity index (χ3n) is 3.61. The maximum atomic E-state index is 12.4. The van der Waals surface area contributed by atoms with Gasteiger partial charge in [0, 0.05) is 20.1 Å².